The lowest BCUT2D eigenvalue weighted by Crippen LogP contribution is -2.18. The number of thiophene rings is 1. The zero-order valence-corrected chi connectivity index (χ0v) is 12.6. The number of thioether (sulfide) groups is 1. The molecule has 1 aromatic carbocycles. The fourth-order valence-electron chi connectivity index (χ4n) is 1.88. The van der Waals surface area contributed by atoms with Gasteiger partial charge in [-0.15, -0.1) is 11.3 Å². The molecule has 0 fully saturated rings. The number of nitrogens with zero attached hydrogens (tertiary/aromatic N) is 2. The predicted molar refractivity (Wildman–Crippen MR) is 80.8 cm³/mol. The zero-order valence-electron chi connectivity index (χ0n) is 11.0. The molecule has 0 aliphatic heterocycles. The fraction of sp³-hybridized carbons (Fsp3) is 0.143. The second kappa shape index (κ2) is 5.57. The fourth-order valence-corrected chi connectivity index (χ4v) is 3.64. The summed E-state index contributed by atoms with van der Waals surface area (Å²) in [5, 5.41) is 2.32. The number of rotatable bonds is 3. The maximum absolute atomic E-state index is 13.6. The average Bonchev–Trinajstić information content (AvgIpc) is 2.91. The molecule has 0 saturated carbocycles. The molecular formula is C14H10F2N2OS2. The highest BCUT2D eigenvalue weighted by molar-refractivity contribution is 7.98. The maximum atomic E-state index is 13.6. The second-order valence-corrected chi connectivity index (χ2v) is 6.28. The Morgan fingerprint density at radius 3 is 2.90 bits per heavy atom. The van der Waals surface area contributed by atoms with Crippen molar-refractivity contribution in [2.45, 2.75) is 10.9 Å². The summed E-state index contributed by atoms with van der Waals surface area (Å²) in [6.45, 7) is 0. The van der Waals surface area contributed by atoms with Crippen molar-refractivity contribution in [3.8, 4) is 0 Å². The molecule has 0 bridgehead atoms. The van der Waals surface area contributed by atoms with Crippen molar-refractivity contribution in [3.05, 3.63) is 57.2 Å². The van der Waals surface area contributed by atoms with Crippen LogP contribution in [0.1, 0.15) is 5.56 Å². The highest BCUT2D eigenvalue weighted by Crippen LogP contribution is 2.24. The topological polar surface area (TPSA) is 34.9 Å². The van der Waals surface area contributed by atoms with E-state index in [0.29, 0.717) is 20.9 Å². The van der Waals surface area contributed by atoms with Crippen LogP contribution in [0, 0.1) is 11.6 Å². The van der Waals surface area contributed by atoms with Gasteiger partial charge in [-0.2, -0.15) is 0 Å². The molecule has 0 atom stereocenters. The summed E-state index contributed by atoms with van der Waals surface area (Å²) in [5.41, 5.74) is 0.906. The van der Waals surface area contributed by atoms with Crippen LogP contribution in [0.3, 0.4) is 0 Å². The minimum atomic E-state index is -0.605. The number of aromatic nitrogens is 2. The Bertz CT molecular complexity index is 873. The summed E-state index contributed by atoms with van der Waals surface area (Å²) in [5.74, 6) is -0.919. The Hall–Kier alpha value is -1.73. The first-order valence-corrected chi connectivity index (χ1v) is 7.94. The molecule has 0 saturated heterocycles. The predicted octanol–water partition coefficient (Wildman–Crippen LogP) is 3.57. The second-order valence-electron chi connectivity index (χ2n) is 4.42. The van der Waals surface area contributed by atoms with E-state index < -0.39 is 11.6 Å². The number of fused-ring (bicyclic) bond motifs is 1. The molecular weight excluding hydrogens is 314 g/mol. The summed E-state index contributed by atoms with van der Waals surface area (Å²) in [6.07, 6.45) is 0. The van der Waals surface area contributed by atoms with E-state index in [1.165, 1.54) is 39.8 Å². The van der Waals surface area contributed by atoms with Crippen LogP contribution in [-0.4, -0.2) is 9.55 Å². The highest BCUT2D eigenvalue weighted by Gasteiger charge is 2.11. The molecule has 3 nitrogen and oxygen atoms in total. The van der Waals surface area contributed by atoms with Crippen LogP contribution in [0.15, 0.2) is 39.6 Å². The zero-order chi connectivity index (χ0) is 15.0. The summed E-state index contributed by atoms with van der Waals surface area (Å²) in [7, 11) is 1.64. The van der Waals surface area contributed by atoms with Gasteiger partial charge in [0.1, 0.15) is 16.3 Å². The molecule has 21 heavy (non-hydrogen) atoms. The molecule has 0 aliphatic rings. The Morgan fingerprint density at radius 1 is 1.33 bits per heavy atom. The van der Waals surface area contributed by atoms with Crippen molar-refractivity contribution < 1.29 is 8.78 Å². The molecule has 3 aromatic rings. The molecule has 3 rings (SSSR count). The molecule has 2 heterocycles. The van der Waals surface area contributed by atoms with Gasteiger partial charge >= 0.3 is 0 Å². The van der Waals surface area contributed by atoms with E-state index in [1.54, 1.807) is 13.1 Å². The summed E-state index contributed by atoms with van der Waals surface area (Å²) >= 11 is 2.60. The van der Waals surface area contributed by atoms with Gasteiger partial charge in [0.25, 0.3) is 5.56 Å². The number of halogens is 2. The van der Waals surface area contributed by atoms with E-state index in [4.69, 9.17) is 0 Å². The van der Waals surface area contributed by atoms with Crippen molar-refractivity contribution in [2.24, 2.45) is 7.05 Å². The van der Waals surface area contributed by atoms with Crippen molar-refractivity contribution in [3.63, 3.8) is 0 Å². The monoisotopic (exact) mass is 324 g/mol. The lowest BCUT2D eigenvalue weighted by atomic mass is 10.2. The van der Waals surface area contributed by atoms with Crippen molar-refractivity contribution in [2.75, 3.05) is 0 Å². The number of hydrogen-bond donors (Lipinski definition) is 0. The first-order valence-electron chi connectivity index (χ1n) is 6.07. The molecule has 0 aliphatic carbocycles. The summed E-state index contributed by atoms with van der Waals surface area (Å²) < 4.78 is 28.5. The molecule has 0 N–H and O–H groups in total. The van der Waals surface area contributed by atoms with Gasteiger partial charge in [0.05, 0.1) is 5.52 Å². The van der Waals surface area contributed by atoms with Crippen LogP contribution in [0.2, 0.25) is 0 Å². The lowest BCUT2D eigenvalue weighted by Gasteiger charge is -2.07. The minimum absolute atomic E-state index is 0.114. The highest BCUT2D eigenvalue weighted by atomic mass is 32.2. The molecule has 7 heteroatoms. The maximum Gasteiger partial charge on any atom is 0.271 e. The van der Waals surface area contributed by atoms with Gasteiger partial charge in [-0.1, -0.05) is 17.8 Å². The van der Waals surface area contributed by atoms with Gasteiger partial charge < -0.3 is 0 Å². The first-order chi connectivity index (χ1) is 10.1. The Morgan fingerprint density at radius 2 is 2.14 bits per heavy atom. The van der Waals surface area contributed by atoms with Crippen molar-refractivity contribution >= 4 is 33.3 Å². The van der Waals surface area contributed by atoms with Gasteiger partial charge in [-0.05, 0) is 23.1 Å². The Balaban J connectivity index is 1.91. The van der Waals surface area contributed by atoms with Crippen LogP contribution in [-0.2, 0) is 12.8 Å². The standard InChI is InChI=1S/C14H10F2N2OS2/c1-18-13(19)12-11(4-5-20-12)17-14(18)21-7-8-2-3-9(15)6-10(8)16/h2-6H,7H2,1H3. The van der Waals surface area contributed by atoms with Crippen molar-refractivity contribution in [1.29, 1.82) is 0 Å². The van der Waals surface area contributed by atoms with E-state index in [2.05, 4.69) is 4.98 Å². The molecule has 0 spiro atoms. The summed E-state index contributed by atoms with van der Waals surface area (Å²) in [4.78, 5) is 16.5. The van der Waals surface area contributed by atoms with Crippen LogP contribution < -0.4 is 5.56 Å². The van der Waals surface area contributed by atoms with E-state index in [9.17, 15) is 13.6 Å². The Labute approximate surface area is 127 Å². The van der Waals surface area contributed by atoms with Gasteiger partial charge in [0.15, 0.2) is 5.16 Å². The third-order valence-electron chi connectivity index (χ3n) is 3.02. The number of benzene rings is 1. The van der Waals surface area contributed by atoms with Gasteiger partial charge in [-0.25, -0.2) is 13.8 Å². The van der Waals surface area contributed by atoms with Crippen LogP contribution >= 0.6 is 23.1 Å². The molecule has 0 amide bonds. The third kappa shape index (κ3) is 2.71. The largest absolute Gasteiger partial charge is 0.290 e. The minimum Gasteiger partial charge on any atom is -0.290 e. The van der Waals surface area contributed by atoms with Gasteiger partial charge in [0, 0.05) is 18.9 Å². The van der Waals surface area contributed by atoms with E-state index in [1.807, 2.05) is 5.38 Å². The SMILES string of the molecule is Cn1c(SCc2ccc(F)cc2F)nc2ccsc2c1=O. The third-order valence-corrected chi connectivity index (χ3v) is 4.99. The van der Waals surface area contributed by atoms with E-state index >= 15 is 0 Å². The van der Waals surface area contributed by atoms with Gasteiger partial charge in [0.2, 0.25) is 0 Å². The van der Waals surface area contributed by atoms with E-state index in [-0.39, 0.29) is 11.3 Å². The quantitative estimate of drug-likeness (QED) is 0.546. The first kappa shape index (κ1) is 14.2. The number of hydrogen-bond acceptors (Lipinski definition) is 4. The van der Waals surface area contributed by atoms with Gasteiger partial charge in [-0.3, -0.25) is 9.36 Å². The lowest BCUT2D eigenvalue weighted by molar-refractivity contribution is 0.576. The average molecular weight is 324 g/mol. The molecule has 108 valence electrons. The van der Waals surface area contributed by atoms with Crippen LogP contribution in [0.5, 0.6) is 0 Å². The Kier molecular flexibility index (Phi) is 3.77. The normalized spacial score (nSPS) is 11.2. The van der Waals surface area contributed by atoms with E-state index in [0.717, 1.165) is 6.07 Å². The summed E-state index contributed by atoms with van der Waals surface area (Å²) in [6, 6.07) is 5.25. The molecule has 2 aromatic heterocycles. The smallest absolute Gasteiger partial charge is 0.271 e. The van der Waals surface area contributed by atoms with Crippen LogP contribution in [0.25, 0.3) is 10.2 Å². The molecule has 0 unspecified atom stereocenters. The van der Waals surface area contributed by atoms with Crippen molar-refractivity contribution in [1.82, 2.24) is 9.55 Å². The van der Waals surface area contributed by atoms with Crippen LogP contribution in [0.4, 0.5) is 8.78 Å². The molecule has 0 radical (unpaired) electrons.